The number of halogens is 1. The summed E-state index contributed by atoms with van der Waals surface area (Å²) in [6, 6.07) is 9.09. The van der Waals surface area contributed by atoms with Crippen LogP contribution >= 0.6 is 22.9 Å². The van der Waals surface area contributed by atoms with Crippen LogP contribution in [0.5, 0.6) is 0 Å². The number of nitrogens with one attached hydrogen (secondary N) is 1. The van der Waals surface area contributed by atoms with E-state index in [4.69, 9.17) is 11.6 Å². The van der Waals surface area contributed by atoms with Crippen molar-refractivity contribution in [3.63, 3.8) is 0 Å². The summed E-state index contributed by atoms with van der Waals surface area (Å²) in [5, 5.41) is 13.5. The Labute approximate surface area is 160 Å². The van der Waals surface area contributed by atoms with Crippen molar-refractivity contribution in [3.8, 4) is 0 Å². The number of aromatic amines is 1. The standard InChI is InChI=1S/C19H20ClN3O2S/c20-13-3-4-17-15(10-13)16(11-21-17)18(19(24)25)23-7-5-22(6-8-23)12-14-2-1-9-26-14/h1-4,9-11,18,21H,5-8,12H2,(H,24,25). The second kappa shape index (κ2) is 7.40. The van der Waals surface area contributed by atoms with Crippen LogP contribution in [0.2, 0.25) is 5.02 Å². The third-order valence-electron chi connectivity index (χ3n) is 4.94. The summed E-state index contributed by atoms with van der Waals surface area (Å²) >= 11 is 7.89. The number of carboxylic acids is 1. The second-order valence-corrected chi connectivity index (χ2v) is 8.03. The number of H-pyrrole nitrogens is 1. The summed E-state index contributed by atoms with van der Waals surface area (Å²) in [5.41, 5.74) is 1.69. The number of aliphatic carboxylic acids is 1. The molecule has 1 unspecified atom stereocenters. The smallest absolute Gasteiger partial charge is 0.325 e. The lowest BCUT2D eigenvalue weighted by molar-refractivity contribution is -0.144. The van der Waals surface area contributed by atoms with E-state index in [1.807, 2.05) is 18.2 Å². The van der Waals surface area contributed by atoms with Gasteiger partial charge in [-0.15, -0.1) is 11.3 Å². The summed E-state index contributed by atoms with van der Waals surface area (Å²) in [7, 11) is 0. The van der Waals surface area contributed by atoms with Gasteiger partial charge in [0.05, 0.1) is 0 Å². The first kappa shape index (κ1) is 17.5. The Hall–Kier alpha value is -1.86. The van der Waals surface area contributed by atoms with Gasteiger partial charge in [-0.3, -0.25) is 14.6 Å². The Balaban J connectivity index is 1.52. The van der Waals surface area contributed by atoms with E-state index in [1.165, 1.54) is 4.88 Å². The van der Waals surface area contributed by atoms with Crippen molar-refractivity contribution in [1.29, 1.82) is 0 Å². The first-order chi connectivity index (χ1) is 12.6. The van der Waals surface area contributed by atoms with Gasteiger partial charge in [0.1, 0.15) is 6.04 Å². The van der Waals surface area contributed by atoms with Crippen molar-refractivity contribution in [2.75, 3.05) is 26.2 Å². The molecule has 3 aromatic rings. The molecular formula is C19H20ClN3O2S. The zero-order chi connectivity index (χ0) is 18.1. The van der Waals surface area contributed by atoms with Gasteiger partial charge in [0.2, 0.25) is 0 Å². The van der Waals surface area contributed by atoms with E-state index in [-0.39, 0.29) is 0 Å². The van der Waals surface area contributed by atoms with Crippen LogP contribution in [0, 0.1) is 0 Å². The maximum absolute atomic E-state index is 12.1. The minimum atomic E-state index is -0.822. The van der Waals surface area contributed by atoms with Crippen molar-refractivity contribution in [3.05, 3.63) is 57.4 Å². The molecule has 136 valence electrons. The van der Waals surface area contributed by atoms with Crippen LogP contribution in [0.25, 0.3) is 10.9 Å². The highest BCUT2D eigenvalue weighted by molar-refractivity contribution is 7.09. The Bertz CT molecular complexity index is 901. The van der Waals surface area contributed by atoms with Crippen LogP contribution < -0.4 is 0 Å². The van der Waals surface area contributed by atoms with Crippen molar-refractivity contribution < 1.29 is 9.90 Å². The fraction of sp³-hybridized carbons (Fsp3) is 0.316. The topological polar surface area (TPSA) is 59.6 Å². The highest BCUT2D eigenvalue weighted by atomic mass is 35.5. The number of fused-ring (bicyclic) bond motifs is 1. The van der Waals surface area contributed by atoms with E-state index in [0.29, 0.717) is 5.02 Å². The number of hydrogen-bond acceptors (Lipinski definition) is 4. The van der Waals surface area contributed by atoms with Crippen LogP contribution in [-0.2, 0) is 11.3 Å². The van der Waals surface area contributed by atoms with Gasteiger partial charge >= 0.3 is 5.97 Å². The number of aromatic nitrogens is 1. The van der Waals surface area contributed by atoms with Gasteiger partial charge in [0.15, 0.2) is 0 Å². The SMILES string of the molecule is O=C(O)C(c1c[nH]c2ccc(Cl)cc12)N1CCN(Cc2cccs2)CC1. The summed E-state index contributed by atoms with van der Waals surface area (Å²) in [4.78, 5) is 21.0. The number of rotatable bonds is 5. The fourth-order valence-electron chi connectivity index (χ4n) is 3.63. The molecule has 0 amide bonds. The number of carboxylic acid groups (broad SMARTS) is 1. The Morgan fingerprint density at radius 3 is 2.77 bits per heavy atom. The molecule has 0 spiro atoms. The molecule has 5 nitrogen and oxygen atoms in total. The number of thiophene rings is 1. The zero-order valence-corrected chi connectivity index (χ0v) is 15.8. The Morgan fingerprint density at radius 1 is 1.27 bits per heavy atom. The van der Waals surface area contributed by atoms with E-state index >= 15 is 0 Å². The lowest BCUT2D eigenvalue weighted by Gasteiger charge is -2.37. The van der Waals surface area contributed by atoms with Crippen LogP contribution in [0.3, 0.4) is 0 Å². The average molecular weight is 390 g/mol. The van der Waals surface area contributed by atoms with E-state index < -0.39 is 12.0 Å². The maximum Gasteiger partial charge on any atom is 0.325 e. The molecule has 0 radical (unpaired) electrons. The molecule has 3 heterocycles. The molecule has 1 fully saturated rings. The molecule has 1 saturated heterocycles. The molecule has 1 atom stereocenters. The first-order valence-corrected chi connectivity index (χ1v) is 9.86. The molecular weight excluding hydrogens is 370 g/mol. The van der Waals surface area contributed by atoms with Gasteiger partial charge in [0, 0.05) is 65.3 Å². The van der Waals surface area contributed by atoms with Gasteiger partial charge in [0.25, 0.3) is 0 Å². The van der Waals surface area contributed by atoms with Gasteiger partial charge in [-0.05, 0) is 29.6 Å². The van der Waals surface area contributed by atoms with Gasteiger partial charge < -0.3 is 10.1 Å². The van der Waals surface area contributed by atoms with E-state index in [1.54, 1.807) is 17.5 Å². The predicted molar refractivity (Wildman–Crippen MR) is 105 cm³/mol. The first-order valence-electron chi connectivity index (χ1n) is 8.60. The minimum Gasteiger partial charge on any atom is -0.480 e. The van der Waals surface area contributed by atoms with Gasteiger partial charge in [-0.2, -0.15) is 0 Å². The molecule has 0 saturated carbocycles. The highest BCUT2D eigenvalue weighted by Gasteiger charge is 2.32. The Kier molecular flexibility index (Phi) is 5.00. The molecule has 1 aromatic carbocycles. The van der Waals surface area contributed by atoms with Crippen LogP contribution in [0.4, 0.5) is 0 Å². The fourth-order valence-corrected chi connectivity index (χ4v) is 4.55. The largest absolute Gasteiger partial charge is 0.480 e. The van der Waals surface area contributed by atoms with Gasteiger partial charge in [-0.1, -0.05) is 17.7 Å². The highest BCUT2D eigenvalue weighted by Crippen LogP contribution is 2.31. The van der Waals surface area contributed by atoms with Crippen molar-refractivity contribution in [1.82, 2.24) is 14.8 Å². The monoisotopic (exact) mass is 389 g/mol. The molecule has 1 aliphatic rings. The quantitative estimate of drug-likeness (QED) is 0.696. The van der Waals surface area contributed by atoms with Gasteiger partial charge in [-0.25, -0.2) is 0 Å². The number of hydrogen-bond donors (Lipinski definition) is 2. The summed E-state index contributed by atoms with van der Waals surface area (Å²) in [6.45, 7) is 4.13. The molecule has 0 aliphatic carbocycles. The molecule has 1 aliphatic heterocycles. The summed E-state index contributed by atoms with van der Waals surface area (Å²) in [5.74, 6) is -0.822. The number of benzene rings is 1. The maximum atomic E-state index is 12.1. The average Bonchev–Trinajstić information content (AvgIpc) is 3.27. The molecule has 7 heteroatoms. The van der Waals surface area contributed by atoms with E-state index in [0.717, 1.165) is 49.2 Å². The van der Waals surface area contributed by atoms with E-state index in [2.05, 4.69) is 32.3 Å². The molecule has 2 aromatic heterocycles. The van der Waals surface area contributed by atoms with Crippen LogP contribution in [0.1, 0.15) is 16.5 Å². The second-order valence-electron chi connectivity index (χ2n) is 6.57. The number of piperazine rings is 1. The third-order valence-corrected chi connectivity index (χ3v) is 6.03. The summed E-state index contributed by atoms with van der Waals surface area (Å²) < 4.78 is 0. The lowest BCUT2D eigenvalue weighted by atomic mass is 10.0. The summed E-state index contributed by atoms with van der Waals surface area (Å²) in [6.07, 6.45) is 1.80. The van der Waals surface area contributed by atoms with Crippen molar-refractivity contribution in [2.24, 2.45) is 0 Å². The minimum absolute atomic E-state index is 0.614. The van der Waals surface area contributed by atoms with Crippen LogP contribution in [-0.4, -0.2) is 52.0 Å². The molecule has 4 rings (SSSR count). The van der Waals surface area contributed by atoms with Crippen LogP contribution in [0.15, 0.2) is 41.9 Å². The molecule has 26 heavy (non-hydrogen) atoms. The predicted octanol–water partition coefficient (Wildman–Crippen LogP) is 3.83. The number of carbonyl (C=O) groups is 1. The number of nitrogens with zero attached hydrogens (tertiary/aromatic N) is 2. The van der Waals surface area contributed by atoms with Crippen molar-refractivity contribution in [2.45, 2.75) is 12.6 Å². The zero-order valence-electron chi connectivity index (χ0n) is 14.2. The lowest BCUT2D eigenvalue weighted by Crippen LogP contribution is -2.48. The molecule has 0 bridgehead atoms. The third kappa shape index (κ3) is 3.50. The van der Waals surface area contributed by atoms with Crippen molar-refractivity contribution >= 4 is 39.8 Å². The normalized spacial score (nSPS) is 17.6. The van der Waals surface area contributed by atoms with E-state index in [9.17, 15) is 9.90 Å². The molecule has 2 N–H and O–H groups in total. The Morgan fingerprint density at radius 2 is 2.08 bits per heavy atom.